The number of benzene rings is 7. The van der Waals surface area contributed by atoms with Crippen molar-refractivity contribution < 1.29 is 0 Å². The van der Waals surface area contributed by atoms with Gasteiger partial charge in [0.15, 0.2) is 0 Å². The van der Waals surface area contributed by atoms with E-state index in [-0.39, 0.29) is 10.8 Å². The summed E-state index contributed by atoms with van der Waals surface area (Å²) >= 11 is 0. The normalized spacial score (nSPS) is 15.0. The van der Waals surface area contributed by atoms with Crippen LogP contribution >= 0.6 is 0 Å². The largest absolute Gasteiger partial charge is 0.296 e. The predicted molar refractivity (Wildman–Crippen MR) is 319 cm³/mol. The van der Waals surface area contributed by atoms with Crippen LogP contribution in [0.1, 0.15) is 129 Å². The summed E-state index contributed by atoms with van der Waals surface area (Å²) in [4.78, 5) is 14.8. The van der Waals surface area contributed by atoms with E-state index < -0.39 is 0 Å². The maximum Gasteiger partial charge on any atom is 0.145 e. The summed E-state index contributed by atoms with van der Waals surface area (Å²) in [6, 6.07) is 48.9. The molecule has 0 saturated carbocycles. The number of nitrogens with zero attached hydrogens (tertiary/aromatic N) is 6. The predicted octanol–water partition coefficient (Wildman–Crippen LogP) is 17.5. The van der Waals surface area contributed by atoms with E-state index >= 15 is 0 Å². The average Bonchev–Trinajstić information content (AvgIpc) is 4.19. The molecular weight excluding hydrogens is 925 g/mol. The van der Waals surface area contributed by atoms with Crippen molar-refractivity contribution in [2.24, 2.45) is 0 Å². The molecule has 0 radical (unpaired) electrons. The van der Waals surface area contributed by atoms with E-state index in [9.17, 15) is 0 Å². The molecule has 376 valence electrons. The van der Waals surface area contributed by atoms with Crippen LogP contribution in [0, 0.1) is 20.8 Å². The molecule has 0 unspecified atom stereocenters. The van der Waals surface area contributed by atoms with Crippen LogP contribution in [0.2, 0.25) is 0 Å². The maximum absolute atomic E-state index is 5.00. The van der Waals surface area contributed by atoms with Gasteiger partial charge in [-0.3, -0.25) is 13.2 Å². The van der Waals surface area contributed by atoms with E-state index in [0.29, 0.717) is 11.8 Å². The second-order valence-electron chi connectivity index (χ2n) is 24.2. The van der Waals surface area contributed by atoms with Crippen LogP contribution in [0.3, 0.4) is 0 Å². The van der Waals surface area contributed by atoms with Crippen molar-refractivity contribution in [2.75, 3.05) is 0 Å². The fourth-order valence-electron chi connectivity index (χ4n) is 14.2. The van der Waals surface area contributed by atoms with Gasteiger partial charge in [0.25, 0.3) is 0 Å². The van der Waals surface area contributed by atoms with Crippen molar-refractivity contribution in [3.63, 3.8) is 0 Å². The van der Waals surface area contributed by atoms with Crippen LogP contribution < -0.4 is 0 Å². The number of hydrogen-bond donors (Lipinski definition) is 0. The molecule has 16 rings (SSSR count). The minimum atomic E-state index is 0.129. The monoisotopic (exact) mass is 991 g/mol. The Bertz CT molecular complexity index is 4610. The molecule has 6 nitrogen and oxygen atoms in total. The third kappa shape index (κ3) is 6.55. The molecule has 76 heavy (non-hydrogen) atoms. The molecule has 6 aromatic heterocycles. The fraction of sp³-hybridized carbons (Fsp3) is 0.271. The average molecular weight is 991 g/mol. The van der Waals surface area contributed by atoms with Crippen LogP contribution in [0.15, 0.2) is 140 Å². The second-order valence-corrected chi connectivity index (χ2v) is 24.2. The summed E-state index contributed by atoms with van der Waals surface area (Å²) in [5.41, 5.74) is 25.4. The molecule has 3 aliphatic heterocycles. The lowest BCUT2D eigenvalue weighted by Crippen LogP contribution is -2.27. The summed E-state index contributed by atoms with van der Waals surface area (Å²) < 4.78 is 7.32. The number of pyridine rings is 3. The first-order valence-corrected chi connectivity index (χ1v) is 27.7. The zero-order valence-corrected chi connectivity index (χ0v) is 45.9. The molecule has 0 aliphatic carbocycles. The van der Waals surface area contributed by atoms with E-state index in [2.05, 4.69) is 229 Å². The van der Waals surface area contributed by atoms with Gasteiger partial charge >= 0.3 is 0 Å². The topological polar surface area (TPSA) is 51.9 Å². The van der Waals surface area contributed by atoms with Gasteiger partial charge in [-0.1, -0.05) is 183 Å². The first kappa shape index (κ1) is 46.7. The first-order valence-electron chi connectivity index (χ1n) is 27.7. The Morgan fingerprint density at radius 3 is 1.50 bits per heavy atom. The van der Waals surface area contributed by atoms with E-state index in [1.54, 1.807) is 0 Å². The highest BCUT2D eigenvalue weighted by molar-refractivity contribution is 6.17. The van der Waals surface area contributed by atoms with Gasteiger partial charge in [-0.25, -0.2) is 15.0 Å². The van der Waals surface area contributed by atoms with Gasteiger partial charge < -0.3 is 0 Å². The smallest absolute Gasteiger partial charge is 0.145 e. The molecule has 0 saturated heterocycles. The minimum Gasteiger partial charge on any atom is -0.296 e. The Hall–Kier alpha value is -7.83. The molecule has 6 heteroatoms. The van der Waals surface area contributed by atoms with E-state index in [1.165, 1.54) is 138 Å². The standard InChI is InChI=1S/C25H20N2.C23H24N2.C22H22N2/c1-15-21(17-8-4-3-5-9-17)14-18-12-13-22-16(2)26-25-20-11-7-6-10-19(20)23(15)24(18)27(22)25;1-13(2)15-10-11-18-21-20(15)16-8-6-7-9-17(16)22-24-14(3)19(25(21)22)12-23(18,4)5;1-13(2)15-9-10-18-20-19(15)16-7-5-6-8-17(16)21-23-12-14(24(20)21)11-22(18,3)4/h3-11,14H,12-13H2,1-2H3;6-11,13H,12H2,1-5H3;5-10,12-13H,11H2,1-4H3. The minimum absolute atomic E-state index is 0.129. The number of imidazole rings is 3. The molecule has 0 bridgehead atoms. The number of aromatic nitrogens is 6. The van der Waals surface area contributed by atoms with Crippen LogP contribution in [0.25, 0.3) is 93.1 Å². The van der Waals surface area contributed by atoms with Gasteiger partial charge in [0.2, 0.25) is 0 Å². The maximum atomic E-state index is 5.00. The van der Waals surface area contributed by atoms with Crippen molar-refractivity contribution in [1.82, 2.24) is 28.2 Å². The van der Waals surface area contributed by atoms with Crippen LogP contribution in [-0.4, -0.2) is 28.2 Å². The van der Waals surface area contributed by atoms with Crippen LogP contribution in [-0.2, 0) is 36.5 Å². The van der Waals surface area contributed by atoms with Crippen LogP contribution in [0.5, 0.6) is 0 Å². The third-order valence-corrected chi connectivity index (χ3v) is 17.9. The Balaban J connectivity index is 0.000000104. The van der Waals surface area contributed by atoms with Gasteiger partial charge in [0, 0.05) is 55.6 Å². The van der Waals surface area contributed by atoms with Gasteiger partial charge in [-0.05, 0) is 136 Å². The highest BCUT2D eigenvalue weighted by Crippen LogP contribution is 2.47. The SMILES string of the molecule is CC(C)c1ccc2c3c1c1ccccc1c1ncc(n13)CC2(C)C.Cc1nc2c3ccccc3c3c(C(C)C)ccc4c3n2c1CC4(C)C.Cc1nc2c3ccccc3c3c(C)c(-c4ccccc4)cc4c3n2c1CC4. The first-order chi connectivity index (χ1) is 36.6. The van der Waals surface area contributed by atoms with Gasteiger partial charge in [-0.2, -0.15) is 0 Å². The summed E-state index contributed by atoms with van der Waals surface area (Å²) in [7, 11) is 0. The van der Waals surface area contributed by atoms with E-state index in [4.69, 9.17) is 15.0 Å². The van der Waals surface area contributed by atoms with Gasteiger partial charge in [-0.15, -0.1) is 0 Å². The molecule has 13 aromatic rings. The molecule has 0 spiro atoms. The summed E-state index contributed by atoms with van der Waals surface area (Å²) in [6.07, 6.45) is 6.30. The van der Waals surface area contributed by atoms with Crippen molar-refractivity contribution in [3.8, 4) is 11.1 Å². The zero-order chi connectivity index (χ0) is 52.3. The summed E-state index contributed by atoms with van der Waals surface area (Å²) in [5.74, 6) is 0.991. The van der Waals surface area contributed by atoms with Crippen molar-refractivity contribution in [2.45, 2.75) is 125 Å². The molecule has 7 aromatic carbocycles. The Morgan fingerprint density at radius 2 is 0.934 bits per heavy atom. The Kier molecular flexibility index (Phi) is 10.2. The molecule has 0 atom stereocenters. The fourth-order valence-corrected chi connectivity index (χ4v) is 14.2. The highest BCUT2D eigenvalue weighted by Gasteiger charge is 2.35. The number of aryl methyl sites for hydroxylation is 5. The molecule has 0 fully saturated rings. The summed E-state index contributed by atoms with van der Waals surface area (Å²) in [5, 5.41) is 12.0. The number of hydrogen-bond acceptors (Lipinski definition) is 3. The second kappa shape index (κ2) is 16.6. The van der Waals surface area contributed by atoms with Crippen LogP contribution in [0.4, 0.5) is 0 Å². The highest BCUT2D eigenvalue weighted by atomic mass is 15.1. The van der Waals surface area contributed by atoms with Crippen molar-refractivity contribution in [1.29, 1.82) is 0 Å². The van der Waals surface area contributed by atoms with E-state index in [0.717, 1.165) is 42.6 Å². The van der Waals surface area contributed by atoms with Gasteiger partial charge in [0.05, 0.1) is 27.9 Å². The molecule has 0 amide bonds. The number of rotatable bonds is 3. The molecule has 9 heterocycles. The van der Waals surface area contributed by atoms with E-state index in [1.807, 2.05) is 0 Å². The zero-order valence-electron chi connectivity index (χ0n) is 45.9. The Morgan fingerprint density at radius 1 is 0.461 bits per heavy atom. The number of fused-ring (bicyclic) bond motifs is 9. The summed E-state index contributed by atoms with van der Waals surface area (Å²) in [6.45, 7) is 25.2. The quantitative estimate of drug-likeness (QED) is 0.166. The lowest BCUT2D eigenvalue weighted by Gasteiger charge is -2.33. The molecule has 0 N–H and O–H groups in total. The molecule has 3 aliphatic rings. The lowest BCUT2D eigenvalue weighted by molar-refractivity contribution is 0.504. The molecular formula is C70H66N6. The lowest BCUT2D eigenvalue weighted by atomic mass is 9.75. The van der Waals surface area contributed by atoms with Gasteiger partial charge in [0.1, 0.15) is 16.9 Å². The van der Waals surface area contributed by atoms with Crippen molar-refractivity contribution in [3.05, 3.63) is 202 Å². The third-order valence-electron chi connectivity index (χ3n) is 17.9. The van der Waals surface area contributed by atoms with Crippen molar-refractivity contribution >= 4 is 82.0 Å². The Labute approximate surface area is 445 Å².